The summed E-state index contributed by atoms with van der Waals surface area (Å²) < 4.78 is 0. The summed E-state index contributed by atoms with van der Waals surface area (Å²) in [5.41, 5.74) is 1.39. The Morgan fingerprint density at radius 2 is 2.50 bits per heavy atom. The molecule has 0 bridgehead atoms. The molecular weight excluding hydrogens is 172 g/mol. The second-order valence-corrected chi connectivity index (χ2v) is 3.08. The van der Waals surface area contributed by atoms with Gasteiger partial charge in [0.25, 0.3) is 0 Å². The van der Waals surface area contributed by atoms with E-state index in [0.717, 1.165) is 10.4 Å². The fourth-order valence-corrected chi connectivity index (χ4v) is 1.68. The molecule has 3 nitrogen and oxygen atoms in total. The highest BCUT2D eigenvalue weighted by Crippen LogP contribution is 2.16. The van der Waals surface area contributed by atoms with Crippen LogP contribution in [-0.2, 0) is 4.84 Å². The van der Waals surface area contributed by atoms with Gasteiger partial charge >= 0.3 is 0 Å². The molecular formula is C8H8N2OS. The van der Waals surface area contributed by atoms with E-state index in [0.29, 0.717) is 5.71 Å². The van der Waals surface area contributed by atoms with Crippen molar-refractivity contribution in [3.05, 3.63) is 21.9 Å². The van der Waals surface area contributed by atoms with Gasteiger partial charge < -0.3 is 4.84 Å². The molecule has 0 saturated heterocycles. The van der Waals surface area contributed by atoms with Crippen molar-refractivity contribution in [1.82, 2.24) is 0 Å². The van der Waals surface area contributed by atoms with E-state index in [9.17, 15) is 0 Å². The van der Waals surface area contributed by atoms with E-state index in [1.165, 1.54) is 18.4 Å². The van der Waals surface area contributed by atoms with Crippen LogP contribution in [0.4, 0.5) is 0 Å². The zero-order valence-electron chi connectivity index (χ0n) is 6.87. The third-order valence-corrected chi connectivity index (χ3v) is 2.39. The van der Waals surface area contributed by atoms with Crippen LogP contribution >= 0.6 is 11.3 Å². The fourth-order valence-electron chi connectivity index (χ4n) is 0.819. The van der Waals surface area contributed by atoms with E-state index in [4.69, 9.17) is 5.26 Å². The third kappa shape index (κ3) is 1.63. The minimum Gasteiger partial charge on any atom is -0.398 e. The first-order valence-corrected chi connectivity index (χ1v) is 4.23. The molecule has 4 heteroatoms. The Bertz CT molecular complexity index is 335. The largest absolute Gasteiger partial charge is 0.398 e. The highest BCUT2D eigenvalue weighted by Gasteiger charge is 2.07. The Labute approximate surface area is 74.9 Å². The van der Waals surface area contributed by atoms with E-state index in [-0.39, 0.29) is 0 Å². The zero-order valence-corrected chi connectivity index (χ0v) is 7.68. The van der Waals surface area contributed by atoms with Gasteiger partial charge in [0.1, 0.15) is 13.2 Å². The Morgan fingerprint density at radius 1 is 1.75 bits per heavy atom. The predicted molar refractivity (Wildman–Crippen MR) is 48.2 cm³/mol. The third-order valence-electron chi connectivity index (χ3n) is 1.37. The Morgan fingerprint density at radius 3 is 2.92 bits per heavy atom. The van der Waals surface area contributed by atoms with Gasteiger partial charge in [-0.25, -0.2) is 0 Å². The number of aryl methyl sites for hydroxylation is 1. The number of hydrogen-bond acceptors (Lipinski definition) is 4. The molecule has 0 fully saturated rings. The topological polar surface area (TPSA) is 45.4 Å². The smallest absolute Gasteiger partial charge is 0.197 e. The molecule has 1 aromatic rings. The molecule has 1 rings (SSSR count). The minimum atomic E-state index is 0.338. The first-order valence-electron chi connectivity index (χ1n) is 3.35. The number of nitriles is 1. The van der Waals surface area contributed by atoms with E-state index in [1.807, 2.05) is 24.4 Å². The highest BCUT2D eigenvalue weighted by molar-refractivity contribution is 7.12. The van der Waals surface area contributed by atoms with E-state index in [2.05, 4.69) is 9.99 Å². The van der Waals surface area contributed by atoms with E-state index >= 15 is 0 Å². The summed E-state index contributed by atoms with van der Waals surface area (Å²) in [6.45, 7) is 1.94. The monoisotopic (exact) mass is 180 g/mol. The first kappa shape index (κ1) is 8.75. The van der Waals surface area contributed by atoms with Gasteiger partial charge in [0.05, 0.1) is 4.88 Å². The molecule has 0 aliphatic carbocycles. The van der Waals surface area contributed by atoms with Crippen molar-refractivity contribution < 1.29 is 4.84 Å². The normalized spacial score (nSPS) is 10.9. The van der Waals surface area contributed by atoms with Crippen LogP contribution in [0.15, 0.2) is 16.6 Å². The molecule has 0 atom stereocenters. The molecule has 62 valence electrons. The molecule has 0 radical (unpaired) electrons. The van der Waals surface area contributed by atoms with Gasteiger partial charge in [0, 0.05) is 0 Å². The highest BCUT2D eigenvalue weighted by atomic mass is 32.1. The summed E-state index contributed by atoms with van der Waals surface area (Å²) in [4.78, 5) is 5.42. The first-order chi connectivity index (χ1) is 5.79. The number of oxime groups is 1. The Balaban J connectivity index is 3.05. The number of nitrogens with zero attached hydrogens (tertiary/aromatic N) is 2. The van der Waals surface area contributed by atoms with Gasteiger partial charge in [-0.3, -0.25) is 0 Å². The second-order valence-electron chi connectivity index (χ2n) is 2.17. The quantitative estimate of drug-likeness (QED) is 0.515. The molecule has 12 heavy (non-hydrogen) atoms. The number of rotatable bonds is 2. The average molecular weight is 180 g/mol. The van der Waals surface area contributed by atoms with Crippen molar-refractivity contribution in [3.8, 4) is 6.07 Å². The fraction of sp³-hybridized carbons (Fsp3) is 0.250. The lowest BCUT2D eigenvalue weighted by Gasteiger charge is -1.93. The SMILES string of the molecule is CON=C(C#N)c1sccc1C. The van der Waals surface area contributed by atoms with Gasteiger partial charge in [-0.2, -0.15) is 5.26 Å². The van der Waals surface area contributed by atoms with Crippen molar-refractivity contribution in [2.45, 2.75) is 6.92 Å². The van der Waals surface area contributed by atoms with Crippen LogP contribution in [0, 0.1) is 18.3 Å². The summed E-state index contributed by atoms with van der Waals surface area (Å²) in [5.74, 6) is 0. The summed E-state index contributed by atoms with van der Waals surface area (Å²) >= 11 is 1.49. The zero-order chi connectivity index (χ0) is 8.97. The van der Waals surface area contributed by atoms with E-state index < -0.39 is 0 Å². The molecule has 0 spiro atoms. The Hall–Kier alpha value is -1.34. The van der Waals surface area contributed by atoms with Gasteiger partial charge in [-0.15, -0.1) is 11.3 Å². The lowest BCUT2D eigenvalue weighted by Crippen LogP contribution is -1.96. The maximum atomic E-state index is 8.70. The predicted octanol–water partition coefficient (Wildman–Crippen LogP) is 1.93. The molecule has 0 aromatic carbocycles. The van der Waals surface area contributed by atoms with Crippen LogP contribution in [0.3, 0.4) is 0 Å². The van der Waals surface area contributed by atoms with Crippen molar-refractivity contribution in [2.24, 2.45) is 5.16 Å². The molecule has 0 N–H and O–H groups in total. The van der Waals surface area contributed by atoms with Gasteiger partial charge in [0.15, 0.2) is 5.71 Å². The van der Waals surface area contributed by atoms with Crippen LogP contribution in [0.25, 0.3) is 0 Å². The lowest BCUT2D eigenvalue weighted by molar-refractivity contribution is 0.214. The van der Waals surface area contributed by atoms with E-state index in [1.54, 1.807) is 0 Å². The molecule has 1 aromatic heterocycles. The molecule has 0 saturated carbocycles. The lowest BCUT2D eigenvalue weighted by atomic mass is 10.2. The summed E-state index contributed by atoms with van der Waals surface area (Å²) in [7, 11) is 1.43. The van der Waals surface area contributed by atoms with Crippen molar-refractivity contribution in [3.63, 3.8) is 0 Å². The molecule has 1 heterocycles. The van der Waals surface area contributed by atoms with Crippen molar-refractivity contribution in [1.29, 1.82) is 5.26 Å². The van der Waals surface area contributed by atoms with Gasteiger partial charge in [0.2, 0.25) is 0 Å². The second kappa shape index (κ2) is 3.88. The number of hydrogen-bond donors (Lipinski definition) is 0. The van der Waals surface area contributed by atoms with Crippen molar-refractivity contribution >= 4 is 17.0 Å². The maximum Gasteiger partial charge on any atom is 0.197 e. The summed E-state index contributed by atoms with van der Waals surface area (Å²) in [5, 5.41) is 14.2. The van der Waals surface area contributed by atoms with Crippen molar-refractivity contribution in [2.75, 3.05) is 7.11 Å². The molecule has 0 unspecified atom stereocenters. The van der Waals surface area contributed by atoms with Gasteiger partial charge in [-0.1, -0.05) is 5.16 Å². The van der Waals surface area contributed by atoms with Crippen LogP contribution in [0.1, 0.15) is 10.4 Å². The van der Waals surface area contributed by atoms with Crippen LogP contribution in [0.5, 0.6) is 0 Å². The van der Waals surface area contributed by atoms with Crippen LogP contribution in [0.2, 0.25) is 0 Å². The maximum absolute atomic E-state index is 8.70. The summed E-state index contributed by atoms with van der Waals surface area (Å²) in [6.07, 6.45) is 0. The summed E-state index contributed by atoms with van der Waals surface area (Å²) in [6, 6.07) is 3.93. The van der Waals surface area contributed by atoms with Crippen LogP contribution < -0.4 is 0 Å². The Kier molecular flexibility index (Phi) is 2.83. The minimum absolute atomic E-state index is 0.338. The average Bonchev–Trinajstić information content (AvgIpc) is 2.47. The standard InChI is InChI=1S/C8H8N2OS/c1-6-3-4-12-8(6)7(5-9)10-11-2/h3-4H,1-2H3. The number of thiophene rings is 1. The molecule has 0 aliphatic heterocycles. The molecule has 0 amide bonds. The van der Waals surface area contributed by atoms with Crippen LogP contribution in [-0.4, -0.2) is 12.8 Å². The molecule has 0 aliphatic rings. The van der Waals surface area contributed by atoms with Gasteiger partial charge in [-0.05, 0) is 23.9 Å².